The number of hydrogen-bond donors (Lipinski definition) is 2. The second-order valence-corrected chi connectivity index (χ2v) is 4.57. The van der Waals surface area contributed by atoms with Crippen LogP contribution >= 0.6 is 0 Å². The van der Waals surface area contributed by atoms with E-state index in [0.717, 1.165) is 12.2 Å². The molecule has 5 nitrogen and oxygen atoms in total. The number of nitrogens with one attached hydrogen (secondary N) is 1. The molecule has 5 heteroatoms. The van der Waals surface area contributed by atoms with Crippen LogP contribution in [0.1, 0.15) is 28.6 Å². The Labute approximate surface area is 107 Å². The molecule has 2 aromatic rings. The van der Waals surface area contributed by atoms with E-state index in [0.29, 0.717) is 0 Å². The molecule has 0 amide bonds. The van der Waals surface area contributed by atoms with Crippen molar-refractivity contribution in [2.24, 2.45) is 12.9 Å². The molecule has 0 fully saturated rings. The van der Waals surface area contributed by atoms with Gasteiger partial charge in [-0.15, -0.1) is 0 Å². The Balaban J connectivity index is 2.23. The van der Waals surface area contributed by atoms with Crippen LogP contribution in [0.2, 0.25) is 0 Å². The molecule has 0 saturated carbocycles. The summed E-state index contributed by atoms with van der Waals surface area (Å²) in [5.74, 6) is 6.57. The van der Waals surface area contributed by atoms with Crippen LogP contribution in [0.5, 0.6) is 0 Å². The highest BCUT2D eigenvalue weighted by atomic mass is 15.3. The molecule has 1 aromatic carbocycles. The highest BCUT2D eigenvalue weighted by Crippen LogP contribution is 2.19. The van der Waals surface area contributed by atoms with Crippen molar-refractivity contribution in [2.45, 2.75) is 26.3 Å². The predicted molar refractivity (Wildman–Crippen MR) is 70.7 cm³/mol. The third-order valence-corrected chi connectivity index (χ3v) is 3.33. The van der Waals surface area contributed by atoms with Crippen LogP contribution in [-0.2, 0) is 13.5 Å². The zero-order valence-corrected chi connectivity index (χ0v) is 11.0. The van der Waals surface area contributed by atoms with Gasteiger partial charge in [0.2, 0.25) is 0 Å². The highest BCUT2D eigenvalue weighted by Gasteiger charge is 2.14. The minimum absolute atomic E-state index is 0.0483. The van der Waals surface area contributed by atoms with Crippen LogP contribution in [-0.4, -0.2) is 14.8 Å². The molecule has 1 aromatic heterocycles. The Bertz CT molecular complexity index is 532. The zero-order chi connectivity index (χ0) is 13.1. The molecular weight excluding hydrogens is 226 g/mol. The molecule has 0 aliphatic carbocycles. The van der Waals surface area contributed by atoms with Crippen molar-refractivity contribution in [3.63, 3.8) is 0 Å². The Kier molecular flexibility index (Phi) is 3.74. The summed E-state index contributed by atoms with van der Waals surface area (Å²) < 4.78 is 1.77. The average Bonchev–Trinajstić information content (AvgIpc) is 2.75. The summed E-state index contributed by atoms with van der Waals surface area (Å²) in [7, 11) is 1.89. The smallest absolute Gasteiger partial charge is 0.138 e. The van der Waals surface area contributed by atoms with Crippen molar-refractivity contribution in [3.05, 3.63) is 47.0 Å². The van der Waals surface area contributed by atoms with Gasteiger partial charge in [-0.1, -0.05) is 18.2 Å². The SMILES string of the molecule is Cc1ccc(C(Cc2ncnn2C)NN)cc1C. The van der Waals surface area contributed by atoms with E-state index in [1.807, 2.05) is 7.05 Å². The summed E-state index contributed by atoms with van der Waals surface area (Å²) in [6, 6.07) is 6.43. The Morgan fingerprint density at radius 2 is 2.11 bits per heavy atom. The lowest BCUT2D eigenvalue weighted by Crippen LogP contribution is -2.30. The second-order valence-electron chi connectivity index (χ2n) is 4.57. The fourth-order valence-corrected chi connectivity index (χ4v) is 1.94. The summed E-state index contributed by atoms with van der Waals surface area (Å²) in [5.41, 5.74) is 6.57. The van der Waals surface area contributed by atoms with Gasteiger partial charge in [0.1, 0.15) is 12.2 Å². The Hall–Kier alpha value is -1.72. The van der Waals surface area contributed by atoms with Gasteiger partial charge in [0.15, 0.2) is 0 Å². The summed E-state index contributed by atoms with van der Waals surface area (Å²) >= 11 is 0. The van der Waals surface area contributed by atoms with E-state index in [4.69, 9.17) is 5.84 Å². The van der Waals surface area contributed by atoms with Gasteiger partial charge in [-0.05, 0) is 30.5 Å². The van der Waals surface area contributed by atoms with Gasteiger partial charge in [-0.2, -0.15) is 5.10 Å². The van der Waals surface area contributed by atoms with E-state index in [1.54, 1.807) is 11.0 Å². The predicted octanol–water partition coefficient (Wildman–Crippen LogP) is 1.18. The lowest BCUT2D eigenvalue weighted by Gasteiger charge is -2.17. The lowest BCUT2D eigenvalue weighted by atomic mass is 9.99. The van der Waals surface area contributed by atoms with Crippen molar-refractivity contribution in [1.29, 1.82) is 0 Å². The maximum atomic E-state index is 5.65. The molecule has 0 aliphatic rings. The number of benzene rings is 1. The van der Waals surface area contributed by atoms with E-state index in [1.165, 1.54) is 16.7 Å². The van der Waals surface area contributed by atoms with Gasteiger partial charge in [-0.25, -0.2) is 4.98 Å². The molecule has 1 heterocycles. The van der Waals surface area contributed by atoms with E-state index in [-0.39, 0.29) is 6.04 Å². The number of rotatable bonds is 4. The first-order chi connectivity index (χ1) is 8.61. The van der Waals surface area contributed by atoms with E-state index >= 15 is 0 Å². The Morgan fingerprint density at radius 3 is 2.67 bits per heavy atom. The quantitative estimate of drug-likeness (QED) is 0.627. The van der Waals surface area contributed by atoms with Gasteiger partial charge in [0.05, 0.1) is 6.04 Å². The molecule has 0 aliphatic heterocycles. The van der Waals surface area contributed by atoms with E-state index in [2.05, 4.69) is 47.6 Å². The van der Waals surface area contributed by atoms with Crippen molar-refractivity contribution < 1.29 is 0 Å². The van der Waals surface area contributed by atoms with Gasteiger partial charge < -0.3 is 0 Å². The average molecular weight is 245 g/mol. The Morgan fingerprint density at radius 1 is 1.33 bits per heavy atom. The van der Waals surface area contributed by atoms with Crippen LogP contribution in [0.3, 0.4) is 0 Å². The van der Waals surface area contributed by atoms with Gasteiger partial charge in [0, 0.05) is 13.5 Å². The van der Waals surface area contributed by atoms with Crippen LogP contribution in [0.15, 0.2) is 24.5 Å². The van der Waals surface area contributed by atoms with Crippen LogP contribution < -0.4 is 11.3 Å². The fraction of sp³-hybridized carbons (Fsp3) is 0.385. The molecule has 0 spiro atoms. The molecule has 0 radical (unpaired) electrons. The number of nitrogens with zero attached hydrogens (tertiary/aromatic N) is 3. The van der Waals surface area contributed by atoms with Crippen molar-refractivity contribution in [1.82, 2.24) is 20.2 Å². The number of aryl methyl sites for hydroxylation is 3. The van der Waals surface area contributed by atoms with Crippen molar-refractivity contribution in [3.8, 4) is 0 Å². The number of nitrogens with two attached hydrogens (primary N) is 1. The van der Waals surface area contributed by atoms with Gasteiger partial charge in [-0.3, -0.25) is 16.0 Å². The molecule has 3 N–H and O–H groups in total. The standard InChI is InChI=1S/C13H19N5/c1-9-4-5-11(6-10(9)2)12(17-14)7-13-15-8-16-18(13)3/h4-6,8,12,17H,7,14H2,1-3H3. The maximum absolute atomic E-state index is 5.65. The number of hydrogen-bond acceptors (Lipinski definition) is 4. The molecule has 1 atom stereocenters. The van der Waals surface area contributed by atoms with Crippen LogP contribution in [0, 0.1) is 13.8 Å². The van der Waals surface area contributed by atoms with Gasteiger partial charge >= 0.3 is 0 Å². The maximum Gasteiger partial charge on any atom is 0.138 e. The summed E-state index contributed by atoms with van der Waals surface area (Å²) in [4.78, 5) is 4.23. The molecule has 1 unspecified atom stereocenters. The monoisotopic (exact) mass is 245 g/mol. The number of hydrazine groups is 1. The van der Waals surface area contributed by atoms with E-state index in [9.17, 15) is 0 Å². The zero-order valence-electron chi connectivity index (χ0n) is 11.0. The fourth-order valence-electron chi connectivity index (χ4n) is 1.94. The van der Waals surface area contributed by atoms with E-state index < -0.39 is 0 Å². The van der Waals surface area contributed by atoms with Crippen molar-refractivity contribution in [2.75, 3.05) is 0 Å². The molecule has 0 bridgehead atoms. The molecule has 18 heavy (non-hydrogen) atoms. The minimum atomic E-state index is 0.0483. The normalized spacial score (nSPS) is 12.7. The topological polar surface area (TPSA) is 68.8 Å². The molecule has 96 valence electrons. The summed E-state index contributed by atoms with van der Waals surface area (Å²) in [6.07, 6.45) is 2.28. The third kappa shape index (κ3) is 2.57. The first kappa shape index (κ1) is 12.7. The first-order valence-corrected chi connectivity index (χ1v) is 5.98. The molecule has 2 rings (SSSR count). The number of aromatic nitrogens is 3. The van der Waals surface area contributed by atoms with Crippen molar-refractivity contribution >= 4 is 0 Å². The first-order valence-electron chi connectivity index (χ1n) is 5.98. The summed E-state index contributed by atoms with van der Waals surface area (Å²) in [5, 5.41) is 4.07. The second kappa shape index (κ2) is 5.29. The van der Waals surface area contributed by atoms with Gasteiger partial charge in [0.25, 0.3) is 0 Å². The summed E-state index contributed by atoms with van der Waals surface area (Å²) in [6.45, 7) is 4.21. The molecular formula is C13H19N5. The minimum Gasteiger partial charge on any atom is -0.271 e. The highest BCUT2D eigenvalue weighted by molar-refractivity contribution is 5.32. The lowest BCUT2D eigenvalue weighted by molar-refractivity contribution is 0.523. The largest absolute Gasteiger partial charge is 0.271 e. The third-order valence-electron chi connectivity index (χ3n) is 3.33. The molecule has 0 saturated heterocycles. The van der Waals surface area contributed by atoms with Crippen LogP contribution in [0.25, 0.3) is 0 Å². The van der Waals surface area contributed by atoms with Crippen LogP contribution in [0.4, 0.5) is 0 Å².